The van der Waals surface area contributed by atoms with E-state index in [0.29, 0.717) is 49.4 Å². The number of piperidine rings is 1. The number of nitrogens with zero attached hydrogens (tertiary/aromatic N) is 3. The van der Waals surface area contributed by atoms with Gasteiger partial charge in [0, 0.05) is 37.1 Å². The summed E-state index contributed by atoms with van der Waals surface area (Å²) in [4.78, 5) is 45.8. The highest BCUT2D eigenvalue weighted by molar-refractivity contribution is 6.46. The molecular formula is C25H27N3O6. The number of amides is 2. The van der Waals surface area contributed by atoms with Gasteiger partial charge in [0.25, 0.3) is 11.7 Å². The number of likely N-dealkylation sites (tertiary alicyclic amines) is 2. The van der Waals surface area contributed by atoms with Gasteiger partial charge in [0.15, 0.2) is 0 Å². The highest BCUT2D eigenvalue weighted by Crippen LogP contribution is 2.42. The van der Waals surface area contributed by atoms with Crippen LogP contribution < -0.4 is 4.74 Å². The average Bonchev–Trinajstić information content (AvgIpc) is 3.14. The first-order valence-electron chi connectivity index (χ1n) is 11.2. The van der Waals surface area contributed by atoms with E-state index in [1.807, 2.05) is 0 Å². The van der Waals surface area contributed by atoms with Gasteiger partial charge in [-0.3, -0.25) is 14.6 Å². The average molecular weight is 466 g/mol. The van der Waals surface area contributed by atoms with Gasteiger partial charge in [0.1, 0.15) is 11.5 Å². The molecule has 1 aromatic carbocycles. The molecule has 4 rings (SSSR count). The van der Waals surface area contributed by atoms with Crippen LogP contribution >= 0.6 is 0 Å². The fraction of sp³-hybridized carbons (Fsp3) is 0.360. The number of ether oxygens (including phenoxy) is 2. The van der Waals surface area contributed by atoms with E-state index in [9.17, 15) is 19.5 Å². The minimum Gasteiger partial charge on any atom is -0.507 e. The van der Waals surface area contributed by atoms with E-state index in [1.54, 1.807) is 65.5 Å². The number of aromatic nitrogens is 1. The second-order valence-corrected chi connectivity index (χ2v) is 8.14. The van der Waals surface area contributed by atoms with Crippen molar-refractivity contribution in [3.63, 3.8) is 0 Å². The molecule has 34 heavy (non-hydrogen) atoms. The maximum absolute atomic E-state index is 13.3. The Morgan fingerprint density at radius 2 is 1.85 bits per heavy atom. The molecule has 9 heteroatoms. The Morgan fingerprint density at radius 1 is 1.15 bits per heavy atom. The smallest absolute Gasteiger partial charge is 0.409 e. The van der Waals surface area contributed by atoms with Gasteiger partial charge in [0.05, 0.1) is 25.3 Å². The molecule has 178 valence electrons. The van der Waals surface area contributed by atoms with Crippen molar-refractivity contribution in [3.8, 4) is 5.75 Å². The van der Waals surface area contributed by atoms with Gasteiger partial charge in [-0.15, -0.1) is 0 Å². The molecule has 1 aromatic heterocycles. The number of aliphatic hydroxyl groups is 1. The van der Waals surface area contributed by atoms with Crippen LogP contribution in [-0.4, -0.2) is 70.5 Å². The summed E-state index contributed by atoms with van der Waals surface area (Å²) in [5.41, 5.74) is 1.08. The number of carbonyl (C=O) groups excluding carboxylic acids is 3. The lowest BCUT2D eigenvalue weighted by Crippen LogP contribution is -2.48. The van der Waals surface area contributed by atoms with Crippen LogP contribution in [-0.2, 0) is 14.3 Å². The predicted octanol–water partition coefficient (Wildman–Crippen LogP) is 3.13. The molecule has 1 atom stereocenters. The quantitative estimate of drug-likeness (QED) is 0.410. The van der Waals surface area contributed by atoms with E-state index in [4.69, 9.17) is 9.47 Å². The van der Waals surface area contributed by atoms with Gasteiger partial charge in [0.2, 0.25) is 0 Å². The Bertz CT molecular complexity index is 1110. The molecule has 1 unspecified atom stereocenters. The van der Waals surface area contributed by atoms with Crippen LogP contribution in [0.4, 0.5) is 4.79 Å². The summed E-state index contributed by atoms with van der Waals surface area (Å²) < 4.78 is 10.3. The zero-order valence-corrected chi connectivity index (χ0v) is 19.1. The molecule has 2 fully saturated rings. The van der Waals surface area contributed by atoms with E-state index < -0.39 is 17.7 Å². The predicted molar refractivity (Wildman–Crippen MR) is 123 cm³/mol. The molecule has 0 saturated carbocycles. The number of methoxy groups -OCH3 is 1. The highest BCUT2D eigenvalue weighted by Gasteiger charge is 2.49. The summed E-state index contributed by atoms with van der Waals surface area (Å²) in [6.07, 6.45) is 3.78. The molecule has 2 saturated heterocycles. The van der Waals surface area contributed by atoms with Gasteiger partial charge in [-0.1, -0.05) is 12.1 Å². The van der Waals surface area contributed by atoms with Gasteiger partial charge in [-0.2, -0.15) is 0 Å². The Labute approximate surface area is 197 Å². The van der Waals surface area contributed by atoms with E-state index in [-0.39, 0.29) is 23.5 Å². The van der Waals surface area contributed by atoms with Crippen molar-refractivity contribution in [1.82, 2.24) is 14.8 Å². The van der Waals surface area contributed by atoms with E-state index in [1.165, 1.54) is 7.11 Å². The fourth-order valence-electron chi connectivity index (χ4n) is 4.57. The van der Waals surface area contributed by atoms with Crippen molar-refractivity contribution >= 4 is 23.5 Å². The third-order valence-corrected chi connectivity index (χ3v) is 6.23. The van der Waals surface area contributed by atoms with Crippen LogP contribution in [0.2, 0.25) is 0 Å². The van der Waals surface area contributed by atoms with Gasteiger partial charge in [-0.25, -0.2) is 4.79 Å². The lowest BCUT2D eigenvalue weighted by atomic mass is 9.94. The number of benzene rings is 1. The molecule has 3 heterocycles. The molecule has 0 aliphatic carbocycles. The summed E-state index contributed by atoms with van der Waals surface area (Å²) in [5.74, 6) is -1.15. The molecule has 2 aromatic rings. The van der Waals surface area contributed by atoms with Crippen molar-refractivity contribution in [2.75, 3.05) is 26.8 Å². The first-order valence-corrected chi connectivity index (χ1v) is 11.2. The molecule has 0 bridgehead atoms. The van der Waals surface area contributed by atoms with Crippen LogP contribution in [0.3, 0.4) is 0 Å². The Morgan fingerprint density at radius 3 is 2.50 bits per heavy atom. The Hall–Kier alpha value is -3.88. The standard InChI is InChI=1S/C25H27N3O6/c1-3-34-25(32)27-13-9-18(10-14-27)28-21(16-7-11-26-12-8-16)20(23(30)24(28)31)22(29)17-5-4-6-19(15-17)33-2/h4-8,11-12,15,18,21,29H,3,9-10,13-14H2,1-2H3/b22-20+. The molecule has 1 N–H and O–H groups in total. The number of pyridine rings is 1. The summed E-state index contributed by atoms with van der Waals surface area (Å²) in [5, 5.41) is 11.2. The molecule has 2 amide bonds. The SMILES string of the molecule is CCOC(=O)N1CCC(N2C(=O)C(=O)/C(=C(/O)c3cccc(OC)c3)C2c2ccncc2)CC1. The summed E-state index contributed by atoms with van der Waals surface area (Å²) in [6.45, 7) is 2.86. The van der Waals surface area contributed by atoms with Crippen molar-refractivity contribution < 1.29 is 29.0 Å². The van der Waals surface area contributed by atoms with Crippen molar-refractivity contribution in [1.29, 1.82) is 0 Å². The van der Waals surface area contributed by atoms with Crippen LogP contribution in [0.1, 0.15) is 36.9 Å². The van der Waals surface area contributed by atoms with Gasteiger partial charge >= 0.3 is 6.09 Å². The number of Topliss-reactive ketones (excluding diaryl/α,β-unsaturated/α-hetero) is 1. The molecule has 2 aliphatic heterocycles. The zero-order chi connectivity index (χ0) is 24.2. The normalized spacial score (nSPS) is 20.5. The molecule has 2 aliphatic rings. The number of hydrogen-bond donors (Lipinski definition) is 1. The van der Waals surface area contributed by atoms with Crippen LogP contribution in [0.15, 0.2) is 54.4 Å². The summed E-state index contributed by atoms with van der Waals surface area (Å²) >= 11 is 0. The number of ketones is 1. The summed E-state index contributed by atoms with van der Waals surface area (Å²) in [7, 11) is 1.51. The van der Waals surface area contributed by atoms with E-state index in [0.717, 1.165) is 0 Å². The largest absolute Gasteiger partial charge is 0.507 e. The number of carbonyl (C=O) groups is 3. The fourth-order valence-corrected chi connectivity index (χ4v) is 4.57. The number of aliphatic hydroxyl groups excluding tert-OH is 1. The number of rotatable bonds is 5. The van der Waals surface area contributed by atoms with Crippen molar-refractivity contribution in [2.24, 2.45) is 0 Å². The van der Waals surface area contributed by atoms with Crippen molar-refractivity contribution in [2.45, 2.75) is 31.8 Å². The topological polar surface area (TPSA) is 109 Å². The maximum atomic E-state index is 13.3. The van der Waals surface area contributed by atoms with Gasteiger partial charge < -0.3 is 24.4 Å². The summed E-state index contributed by atoms with van der Waals surface area (Å²) in [6, 6.07) is 9.12. The van der Waals surface area contributed by atoms with Crippen LogP contribution in [0, 0.1) is 0 Å². The zero-order valence-electron chi connectivity index (χ0n) is 19.1. The first kappa shape index (κ1) is 23.3. The second kappa shape index (κ2) is 9.94. The second-order valence-electron chi connectivity index (χ2n) is 8.14. The lowest BCUT2D eigenvalue weighted by molar-refractivity contribution is -0.142. The van der Waals surface area contributed by atoms with Gasteiger partial charge in [-0.05, 0) is 49.6 Å². The monoisotopic (exact) mass is 465 g/mol. The third kappa shape index (κ3) is 4.33. The first-order chi connectivity index (χ1) is 16.5. The lowest BCUT2D eigenvalue weighted by Gasteiger charge is -2.38. The Balaban J connectivity index is 1.72. The van der Waals surface area contributed by atoms with E-state index in [2.05, 4.69) is 4.98 Å². The molecule has 0 spiro atoms. The van der Waals surface area contributed by atoms with E-state index >= 15 is 0 Å². The van der Waals surface area contributed by atoms with Crippen LogP contribution in [0.25, 0.3) is 5.76 Å². The highest BCUT2D eigenvalue weighted by atomic mass is 16.6. The maximum Gasteiger partial charge on any atom is 0.409 e. The molecule has 0 radical (unpaired) electrons. The minimum atomic E-state index is -0.770. The number of hydrogen-bond acceptors (Lipinski definition) is 7. The van der Waals surface area contributed by atoms with Crippen LogP contribution in [0.5, 0.6) is 5.75 Å². The molecular weight excluding hydrogens is 438 g/mol. The Kier molecular flexibility index (Phi) is 6.81. The third-order valence-electron chi connectivity index (χ3n) is 6.23. The van der Waals surface area contributed by atoms with Crippen molar-refractivity contribution in [3.05, 3.63) is 65.5 Å². The molecule has 9 nitrogen and oxygen atoms in total. The minimum absolute atomic E-state index is 0.0253.